The molecule has 1 atom stereocenters. The number of hydrogen-bond acceptors (Lipinski definition) is 4. The van der Waals surface area contributed by atoms with Gasteiger partial charge in [-0.3, -0.25) is 5.10 Å². The minimum Gasteiger partial charge on any atom is -0.394 e. The molecule has 0 radical (unpaired) electrons. The fraction of sp³-hybridized carbons (Fsp3) is 0.800. The van der Waals surface area contributed by atoms with Gasteiger partial charge in [0, 0.05) is 5.92 Å². The summed E-state index contributed by atoms with van der Waals surface area (Å²) < 4.78 is 0. The Morgan fingerprint density at radius 2 is 2.13 bits per heavy atom. The topological polar surface area (TPSA) is 87.8 Å². The van der Waals surface area contributed by atoms with Gasteiger partial charge in [0.1, 0.15) is 5.82 Å². The summed E-state index contributed by atoms with van der Waals surface area (Å²) in [5.41, 5.74) is 5.64. The van der Waals surface area contributed by atoms with Crippen molar-refractivity contribution in [1.82, 2.24) is 15.2 Å². The Morgan fingerprint density at radius 1 is 1.40 bits per heavy atom. The second-order valence-corrected chi connectivity index (χ2v) is 4.20. The largest absolute Gasteiger partial charge is 0.394 e. The predicted molar refractivity (Wildman–Crippen MR) is 56.2 cm³/mol. The number of nitrogens with zero attached hydrogens (tertiary/aromatic N) is 2. The van der Waals surface area contributed by atoms with Gasteiger partial charge in [0.2, 0.25) is 0 Å². The van der Waals surface area contributed by atoms with Crippen molar-refractivity contribution in [1.29, 1.82) is 0 Å². The maximum atomic E-state index is 8.89. The van der Waals surface area contributed by atoms with E-state index in [1.807, 2.05) is 0 Å². The van der Waals surface area contributed by atoms with Crippen molar-refractivity contribution in [3.63, 3.8) is 0 Å². The molecule has 0 spiro atoms. The van der Waals surface area contributed by atoms with Crippen LogP contribution in [0, 0.1) is 0 Å². The van der Waals surface area contributed by atoms with Crippen molar-refractivity contribution in [2.45, 2.75) is 44.1 Å². The molecule has 0 aliphatic heterocycles. The maximum absolute atomic E-state index is 8.89. The Balaban J connectivity index is 2.05. The third-order valence-electron chi connectivity index (χ3n) is 3.04. The Labute approximate surface area is 89.1 Å². The first-order valence-corrected chi connectivity index (χ1v) is 5.60. The number of nitrogens with two attached hydrogens (primary N) is 1. The Morgan fingerprint density at radius 3 is 2.80 bits per heavy atom. The van der Waals surface area contributed by atoms with E-state index >= 15 is 0 Å². The Hall–Kier alpha value is -0.940. The van der Waals surface area contributed by atoms with Crippen LogP contribution in [-0.4, -0.2) is 26.9 Å². The summed E-state index contributed by atoms with van der Waals surface area (Å²) in [6.07, 6.45) is 6.24. The lowest BCUT2D eigenvalue weighted by molar-refractivity contribution is 0.263. The number of aromatic nitrogens is 3. The first kappa shape index (κ1) is 10.6. The fourth-order valence-corrected chi connectivity index (χ4v) is 2.09. The summed E-state index contributed by atoms with van der Waals surface area (Å²) in [6, 6.07) is -0.460. The average Bonchev–Trinajstić information content (AvgIpc) is 2.78. The van der Waals surface area contributed by atoms with Crippen molar-refractivity contribution >= 4 is 0 Å². The molecule has 84 valence electrons. The monoisotopic (exact) mass is 210 g/mol. The average molecular weight is 210 g/mol. The molecular formula is C10H18N4O. The minimum atomic E-state index is -0.460. The van der Waals surface area contributed by atoms with Crippen LogP contribution in [0.15, 0.2) is 0 Å². The molecule has 1 heterocycles. The zero-order chi connectivity index (χ0) is 10.7. The molecule has 0 saturated heterocycles. The van der Waals surface area contributed by atoms with E-state index in [1.165, 1.54) is 32.1 Å². The van der Waals surface area contributed by atoms with Crippen LogP contribution in [-0.2, 0) is 0 Å². The van der Waals surface area contributed by atoms with Crippen molar-refractivity contribution in [2.75, 3.05) is 6.61 Å². The van der Waals surface area contributed by atoms with Crippen molar-refractivity contribution in [3.8, 4) is 0 Å². The fourth-order valence-electron chi connectivity index (χ4n) is 2.09. The predicted octanol–water partition coefficient (Wildman–Crippen LogP) is 0.844. The van der Waals surface area contributed by atoms with Crippen LogP contribution in [0.2, 0.25) is 0 Å². The summed E-state index contributed by atoms with van der Waals surface area (Å²) in [5.74, 6) is 1.97. The molecular weight excluding hydrogens is 192 g/mol. The lowest BCUT2D eigenvalue weighted by Crippen LogP contribution is -2.16. The van der Waals surface area contributed by atoms with E-state index in [0.717, 1.165) is 5.82 Å². The van der Waals surface area contributed by atoms with Gasteiger partial charge in [-0.25, -0.2) is 4.98 Å². The molecule has 1 aliphatic rings. The number of aromatic amines is 1. The van der Waals surface area contributed by atoms with Crippen LogP contribution in [0.25, 0.3) is 0 Å². The third kappa shape index (κ3) is 2.35. The van der Waals surface area contributed by atoms with Crippen molar-refractivity contribution < 1.29 is 5.11 Å². The van der Waals surface area contributed by atoms with Crippen LogP contribution >= 0.6 is 0 Å². The van der Waals surface area contributed by atoms with E-state index < -0.39 is 6.04 Å². The van der Waals surface area contributed by atoms with Gasteiger partial charge >= 0.3 is 0 Å². The highest BCUT2D eigenvalue weighted by Gasteiger charge is 2.20. The first-order valence-electron chi connectivity index (χ1n) is 5.60. The van der Waals surface area contributed by atoms with Gasteiger partial charge in [-0.15, -0.1) is 0 Å². The van der Waals surface area contributed by atoms with E-state index in [2.05, 4.69) is 15.2 Å². The molecule has 2 rings (SSSR count). The number of rotatable bonds is 3. The highest BCUT2D eigenvalue weighted by atomic mass is 16.3. The summed E-state index contributed by atoms with van der Waals surface area (Å²) in [6.45, 7) is -0.109. The van der Waals surface area contributed by atoms with Gasteiger partial charge in [0.05, 0.1) is 12.6 Å². The molecule has 0 aromatic carbocycles. The highest BCUT2D eigenvalue weighted by Crippen LogP contribution is 2.30. The number of aliphatic hydroxyl groups excluding tert-OH is 1. The van der Waals surface area contributed by atoms with Gasteiger partial charge < -0.3 is 10.8 Å². The summed E-state index contributed by atoms with van der Waals surface area (Å²) in [7, 11) is 0. The molecule has 0 amide bonds. The van der Waals surface area contributed by atoms with Gasteiger partial charge in [-0.05, 0) is 12.8 Å². The van der Waals surface area contributed by atoms with E-state index in [1.54, 1.807) is 0 Å². The van der Waals surface area contributed by atoms with E-state index in [4.69, 9.17) is 10.8 Å². The van der Waals surface area contributed by atoms with Crippen LogP contribution in [0.1, 0.15) is 55.7 Å². The molecule has 1 saturated carbocycles. The zero-order valence-corrected chi connectivity index (χ0v) is 8.82. The van der Waals surface area contributed by atoms with Gasteiger partial charge in [-0.2, -0.15) is 5.10 Å². The van der Waals surface area contributed by atoms with Crippen LogP contribution in [0.4, 0.5) is 0 Å². The number of hydrogen-bond donors (Lipinski definition) is 3. The second-order valence-electron chi connectivity index (χ2n) is 4.20. The number of nitrogens with one attached hydrogen (secondary N) is 1. The molecule has 1 aliphatic carbocycles. The Kier molecular flexibility index (Phi) is 3.33. The molecule has 4 N–H and O–H groups in total. The standard InChI is InChI=1S/C10H18N4O/c11-8(6-15)10-12-9(13-14-10)7-4-2-1-3-5-7/h7-8,15H,1-6,11H2,(H,12,13,14)/t8-/m0/s1. The molecule has 5 nitrogen and oxygen atoms in total. The maximum Gasteiger partial charge on any atom is 0.169 e. The Bertz CT molecular complexity index is 306. The van der Waals surface area contributed by atoms with Crippen LogP contribution in [0.5, 0.6) is 0 Å². The molecule has 15 heavy (non-hydrogen) atoms. The van der Waals surface area contributed by atoms with Crippen molar-refractivity contribution in [3.05, 3.63) is 11.6 Å². The summed E-state index contributed by atoms with van der Waals surface area (Å²) >= 11 is 0. The smallest absolute Gasteiger partial charge is 0.169 e. The quantitative estimate of drug-likeness (QED) is 0.690. The van der Waals surface area contributed by atoms with Crippen molar-refractivity contribution in [2.24, 2.45) is 5.73 Å². The van der Waals surface area contributed by atoms with E-state index in [-0.39, 0.29) is 6.61 Å². The summed E-state index contributed by atoms with van der Waals surface area (Å²) in [4.78, 5) is 4.35. The van der Waals surface area contributed by atoms with Gasteiger partial charge in [0.25, 0.3) is 0 Å². The first-order chi connectivity index (χ1) is 7.31. The van der Waals surface area contributed by atoms with Gasteiger partial charge in [0.15, 0.2) is 5.82 Å². The molecule has 5 heteroatoms. The van der Waals surface area contributed by atoms with Crippen LogP contribution in [0.3, 0.4) is 0 Å². The van der Waals surface area contributed by atoms with E-state index in [9.17, 15) is 0 Å². The normalized spacial score (nSPS) is 20.4. The van der Waals surface area contributed by atoms with E-state index in [0.29, 0.717) is 11.7 Å². The minimum absolute atomic E-state index is 0.109. The molecule has 0 bridgehead atoms. The number of H-pyrrole nitrogens is 1. The molecule has 1 aromatic heterocycles. The molecule has 0 unspecified atom stereocenters. The third-order valence-corrected chi connectivity index (χ3v) is 3.04. The second kappa shape index (κ2) is 4.72. The lowest BCUT2D eigenvalue weighted by Gasteiger charge is -2.18. The molecule has 1 fully saturated rings. The summed E-state index contributed by atoms with van der Waals surface area (Å²) in [5, 5.41) is 15.9. The zero-order valence-electron chi connectivity index (χ0n) is 8.82. The van der Waals surface area contributed by atoms with Gasteiger partial charge in [-0.1, -0.05) is 19.3 Å². The SMILES string of the molecule is N[C@@H](CO)c1n[nH]c(C2CCCCC2)n1. The molecule has 1 aromatic rings. The number of aliphatic hydroxyl groups is 1. The van der Waals surface area contributed by atoms with Crippen LogP contribution < -0.4 is 5.73 Å². The highest BCUT2D eigenvalue weighted by molar-refractivity contribution is 5.01. The lowest BCUT2D eigenvalue weighted by atomic mass is 9.89.